The van der Waals surface area contributed by atoms with Gasteiger partial charge in [-0.15, -0.1) is 0 Å². The van der Waals surface area contributed by atoms with Gasteiger partial charge in [0.15, 0.2) is 11.5 Å². The standard InChI is InChI=1S/C42H37N7O12/c1-22(2)61-36-31(20-19-30(35(36)51)40(55)45-27-17-11-25(12-18-27)42(57)58)47-37(52)23-9-15-28(16-10-23)46-41(56)32(21-34(43)50)48-38(53)24-7-13-26(14-8-24)44-39(54)29-5-3-4-6-33(29)49(59)60/h3-20,22,32,51H,21H2,1-2H3,(H2,43,50)(H,44,54)(H,45,55)(H,46,56)(H,47,52)(H,48,53)(H,57,58). The predicted molar refractivity (Wildman–Crippen MR) is 221 cm³/mol. The molecule has 0 aliphatic rings. The van der Waals surface area contributed by atoms with Crippen molar-refractivity contribution < 1.29 is 53.4 Å². The van der Waals surface area contributed by atoms with Crippen LogP contribution in [0.2, 0.25) is 0 Å². The average Bonchev–Trinajstić information content (AvgIpc) is 3.22. The number of hydrogen-bond donors (Lipinski definition) is 8. The third-order valence-corrected chi connectivity index (χ3v) is 8.56. The Morgan fingerprint density at radius 2 is 1.16 bits per heavy atom. The first-order chi connectivity index (χ1) is 29.0. The van der Waals surface area contributed by atoms with Crippen molar-refractivity contribution in [1.29, 1.82) is 0 Å². The zero-order valence-corrected chi connectivity index (χ0v) is 32.3. The van der Waals surface area contributed by atoms with Crippen molar-refractivity contribution in [2.75, 3.05) is 21.3 Å². The van der Waals surface area contributed by atoms with E-state index in [0.717, 1.165) is 0 Å². The number of carboxylic acids is 1. The van der Waals surface area contributed by atoms with Gasteiger partial charge in [-0.1, -0.05) is 12.1 Å². The number of ether oxygens (including phenoxy) is 1. The minimum Gasteiger partial charge on any atom is -0.504 e. The molecule has 0 fully saturated rings. The van der Waals surface area contributed by atoms with E-state index in [1.54, 1.807) is 13.8 Å². The molecular weight excluding hydrogens is 794 g/mol. The second kappa shape index (κ2) is 19.2. The van der Waals surface area contributed by atoms with E-state index in [9.17, 15) is 48.8 Å². The number of carbonyl (C=O) groups excluding carboxylic acids is 6. The van der Waals surface area contributed by atoms with Gasteiger partial charge in [0.2, 0.25) is 11.8 Å². The molecule has 1 unspecified atom stereocenters. The zero-order valence-electron chi connectivity index (χ0n) is 32.3. The minimum absolute atomic E-state index is 0.0132. The van der Waals surface area contributed by atoms with Gasteiger partial charge >= 0.3 is 5.97 Å². The lowest BCUT2D eigenvalue weighted by Crippen LogP contribution is -2.46. The summed E-state index contributed by atoms with van der Waals surface area (Å²) in [5, 5.41) is 44.2. The van der Waals surface area contributed by atoms with E-state index in [0.29, 0.717) is 0 Å². The maximum absolute atomic E-state index is 13.3. The van der Waals surface area contributed by atoms with Crippen LogP contribution in [0, 0.1) is 10.1 Å². The number of hydrogen-bond acceptors (Lipinski definition) is 11. The molecule has 0 bridgehead atoms. The van der Waals surface area contributed by atoms with Gasteiger partial charge in [-0.25, -0.2) is 4.79 Å². The number of para-hydroxylation sites is 1. The Bertz CT molecular complexity index is 2520. The van der Waals surface area contributed by atoms with Crippen molar-refractivity contribution in [1.82, 2.24) is 5.32 Å². The lowest BCUT2D eigenvalue weighted by atomic mass is 10.1. The smallest absolute Gasteiger partial charge is 0.335 e. The molecular formula is C42H37N7O12. The zero-order chi connectivity index (χ0) is 44.4. The highest BCUT2D eigenvalue weighted by Crippen LogP contribution is 2.39. The molecule has 0 spiro atoms. The summed E-state index contributed by atoms with van der Waals surface area (Å²) in [5.74, 6) is -6.52. The van der Waals surface area contributed by atoms with Crippen LogP contribution in [0.1, 0.15) is 72.1 Å². The fourth-order valence-corrected chi connectivity index (χ4v) is 5.61. The summed E-state index contributed by atoms with van der Waals surface area (Å²) in [6.45, 7) is 3.34. The number of amides is 6. The van der Waals surface area contributed by atoms with E-state index in [2.05, 4.69) is 26.6 Å². The Kier molecular flexibility index (Phi) is 13.7. The van der Waals surface area contributed by atoms with Gasteiger partial charge in [0.05, 0.1) is 34.3 Å². The number of aromatic carboxylic acids is 1. The molecule has 9 N–H and O–H groups in total. The number of benzene rings is 5. The lowest BCUT2D eigenvalue weighted by Gasteiger charge is -2.19. The molecule has 0 saturated heterocycles. The quantitative estimate of drug-likeness (QED) is 0.0473. The fourth-order valence-electron chi connectivity index (χ4n) is 5.61. The molecule has 0 aliphatic heterocycles. The van der Waals surface area contributed by atoms with Gasteiger partial charge < -0.3 is 47.3 Å². The number of phenols is 1. The Labute approximate surface area is 346 Å². The fraction of sp³-hybridized carbons (Fsp3) is 0.119. The Balaban J connectivity index is 1.22. The second-order valence-electron chi connectivity index (χ2n) is 13.4. The Morgan fingerprint density at radius 1 is 0.656 bits per heavy atom. The van der Waals surface area contributed by atoms with Crippen molar-refractivity contribution in [3.63, 3.8) is 0 Å². The van der Waals surface area contributed by atoms with Gasteiger partial charge in [-0.2, -0.15) is 0 Å². The van der Waals surface area contributed by atoms with E-state index >= 15 is 0 Å². The van der Waals surface area contributed by atoms with Crippen LogP contribution in [-0.2, 0) is 9.59 Å². The van der Waals surface area contributed by atoms with Gasteiger partial charge in [0, 0.05) is 34.3 Å². The summed E-state index contributed by atoms with van der Waals surface area (Å²) in [5.41, 5.74) is 5.44. The number of carboxylic acid groups (broad SMARTS) is 1. The molecule has 0 radical (unpaired) electrons. The molecule has 5 aromatic carbocycles. The Hall–Kier alpha value is -8.61. The summed E-state index contributed by atoms with van der Waals surface area (Å²) in [6, 6.07) is 22.8. The van der Waals surface area contributed by atoms with Crippen LogP contribution in [0.5, 0.6) is 11.5 Å². The number of aromatic hydroxyl groups is 1. The number of nitrogens with two attached hydrogens (primary N) is 1. The highest BCUT2D eigenvalue weighted by molar-refractivity contribution is 6.10. The van der Waals surface area contributed by atoms with Crippen molar-refractivity contribution in [3.8, 4) is 11.5 Å². The van der Waals surface area contributed by atoms with Crippen LogP contribution in [0.15, 0.2) is 109 Å². The third kappa shape index (κ3) is 11.3. The van der Waals surface area contributed by atoms with Crippen LogP contribution in [-0.4, -0.2) is 68.7 Å². The topological polar surface area (TPSA) is 298 Å². The molecule has 0 heterocycles. The van der Waals surface area contributed by atoms with Crippen LogP contribution in [0.4, 0.5) is 28.4 Å². The lowest BCUT2D eigenvalue weighted by molar-refractivity contribution is -0.385. The van der Waals surface area contributed by atoms with E-state index in [4.69, 9.17) is 15.6 Å². The number of nitrogens with zero attached hydrogens (tertiary/aromatic N) is 1. The number of primary amides is 1. The molecule has 5 rings (SSSR count). The molecule has 6 amide bonds. The first-order valence-corrected chi connectivity index (χ1v) is 18.1. The van der Waals surface area contributed by atoms with Crippen LogP contribution >= 0.6 is 0 Å². The summed E-state index contributed by atoms with van der Waals surface area (Å²) in [6.07, 6.45) is -1.07. The number of phenolic OH excluding ortho intramolecular Hbond substituents is 1. The number of carbonyl (C=O) groups is 7. The molecule has 0 saturated carbocycles. The number of nitrogens with one attached hydrogen (secondary N) is 5. The van der Waals surface area contributed by atoms with Crippen molar-refractivity contribution in [2.24, 2.45) is 5.73 Å². The third-order valence-electron chi connectivity index (χ3n) is 8.56. The molecule has 0 aliphatic carbocycles. The van der Waals surface area contributed by atoms with Crippen LogP contribution < -0.4 is 37.1 Å². The molecule has 19 nitrogen and oxygen atoms in total. The van der Waals surface area contributed by atoms with E-state index in [1.165, 1.54) is 109 Å². The molecule has 61 heavy (non-hydrogen) atoms. The van der Waals surface area contributed by atoms with E-state index in [-0.39, 0.29) is 62.0 Å². The largest absolute Gasteiger partial charge is 0.504 e. The van der Waals surface area contributed by atoms with Gasteiger partial charge in [0.1, 0.15) is 11.6 Å². The molecule has 1 atom stereocenters. The number of nitro groups is 1. The highest BCUT2D eigenvalue weighted by atomic mass is 16.6. The number of anilines is 4. The molecule has 0 aromatic heterocycles. The first-order valence-electron chi connectivity index (χ1n) is 18.1. The maximum atomic E-state index is 13.3. The first kappa shape index (κ1) is 43.5. The summed E-state index contributed by atoms with van der Waals surface area (Å²) in [7, 11) is 0. The van der Waals surface area contributed by atoms with Gasteiger partial charge in [0.25, 0.3) is 29.3 Å². The maximum Gasteiger partial charge on any atom is 0.335 e. The SMILES string of the molecule is CC(C)Oc1c(NC(=O)c2ccc(NC(=O)C(CC(N)=O)NC(=O)c3ccc(NC(=O)c4ccccc4[N+](=O)[O-])cc3)cc2)ccc(C(=O)Nc2ccc(C(=O)O)cc2)c1O. The minimum atomic E-state index is -1.43. The summed E-state index contributed by atoms with van der Waals surface area (Å²) in [4.78, 5) is 98.9. The number of rotatable bonds is 16. The number of nitro benzene ring substituents is 1. The predicted octanol–water partition coefficient (Wildman–Crippen LogP) is 5.16. The van der Waals surface area contributed by atoms with E-state index in [1.807, 2.05) is 0 Å². The van der Waals surface area contributed by atoms with Crippen LogP contribution in [0.25, 0.3) is 0 Å². The second-order valence-corrected chi connectivity index (χ2v) is 13.4. The monoisotopic (exact) mass is 831 g/mol. The van der Waals surface area contributed by atoms with Crippen molar-refractivity contribution in [2.45, 2.75) is 32.4 Å². The average molecular weight is 832 g/mol. The normalized spacial score (nSPS) is 11.1. The molecule has 5 aromatic rings. The van der Waals surface area contributed by atoms with Crippen LogP contribution in [0.3, 0.4) is 0 Å². The van der Waals surface area contributed by atoms with Crippen molar-refractivity contribution in [3.05, 3.63) is 147 Å². The highest BCUT2D eigenvalue weighted by Gasteiger charge is 2.26. The van der Waals surface area contributed by atoms with Gasteiger partial charge in [-0.05, 0) is 105 Å². The molecule has 312 valence electrons. The summed E-state index contributed by atoms with van der Waals surface area (Å²) >= 11 is 0. The summed E-state index contributed by atoms with van der Waals surface area (Å²) < 4.78 is 5.75. The van der Waals surface area contributed by atoms with Crippen molar-refractivity contribution >= 4 is 69.8 Å². The van der Waals surface area contributed by atoms with E-state index < -0.39 is 70.7 Å². The molecule has 19 heteroatoms. The van der Waals surface area contributed by atoms with Gasteiger partial charge in [-0.3, -0.25) is 38.9 Å². The Morgan fingerprint density at radius 3 is 1.69 bits per heavy atom.